The van der Waals surface area contributed by atoms with Crippen molar-refractivity contribution in [2.45, 2.75) is 30.4 Å². The molecule has 1 aromatic heterocycles. The number of carbonyl (C=O) groups excluding carboxylic acids is 1. The van der Waals surface area contributed by atoms with Gasteiger partial charge in [0.05, 0.1) is 4.90 Å². The van der Waals surface area contributed by atoms with Crippen LogP contribution in [0.25, 0.3) is 16.8 Å². The third kappa shape index (κ3) is 4.62. The van der Waals surface area contributed by atoms with Gasteiger partial charge in [-0.05, 0) is 53.5 Å². The maximum atomic E-state index is 12.9. The van der Waals surface area contributed by atoms with Gasteiger partial charge in [-0.15, -0.1) is 0 Å². The monoisotopic (exact) mass is 426 g/mol. The molecule has 0 radical (unpaired) electrons. The van der Waals surface area contributed by atoms with Crippen molar-refractivity contribution in [1.82, 2.24) is 9.45 Å². The van der Waals surface area contributed by atoms with E-state index in [9.17, 15) is 13.2 Å². The van der Waals surface area contributed by atoms with E-state index in [0.29, 0.717) is 12.2 Å². The molecule has 0 bridgehead atoms. The number of aromatic nitrogens is 1. The van der Waals surface area contributed by atoms with Gasteiger partial charge < -0.3 is 4.74 Å². The smallest absolute Gasteiger partial charge is 0.267 e. The second-order valence-electron chi connectivity index (χ2n) is 7.00. The van der Waals surface area contributed by atoms with Crippen LogP contribution < -0.4 is 5.48 Å². The molecule has 1 atom stereocenters. The Morgan fingerprint density at radius 3 is 2.77 bits per heavy atom. The number of amides is 1. The normalized spacial score (nSPS) is 17.4. The van der Waals surface area contributed by atoms with Gasteiger partial charge in [-0.1, -0.05) is 30.3 Å². The number of fused-ring (bicyclic) bond motifs is 1. The Balaban J connectivity index is 1.43. The summed E-state index contributed by atoms with van der Waals surface area (Å²) in [5.74, 6) is -0.450. The first-order valence-electron chi connectivity index (χ1n) is 9.70. The van der Waals surface area contributed by atoms with Crippen LogP contribution in [0.1, 0.15) is 24.8 Å². The molecule has 0 spiro atoms. The zero-order chi connectivity index (χ0) is 21.0. The van der Waals surface area contributed by atoms with E-state index in [-0.39, 0.29) is 4.90 Å². The Labute approximate surface area is 174 Å². The fraction of sp³-hybridized carbons (Fsp3) is 0.227. The van der Waals surface area contributed by atoms with Crippen molar-refractivity contribution in [3.05, 3.63) is 72.6 Å². The standard InChI is InChI=1S/C22H22N2O5S/c25-21(23-29-22-7-3-4-14-28-22)11-8-17-12-13-24(16-17)30(26,27)20-10-9-18-5-1-2-6-19(18)15-20/h1-2,5-6,8-13,15-16,22H,3-4,7,14H2,(H,23,25). The first-order valence-corrected chi connectivity index (χ1v) is 11.1. The molecule has 1 N–H and O–H groups in total. The summed E-state index contributed by atoms with van der Waals surface area (Å²) < 4.78 is 32.4. The van der Waals surface area contributed by atoms with Gasteiger partial charge in [0.1, 0.15) is 0 Å². The number of nitrogens with zero attached hydrogens (tertiary/aromatic N) is 1. The molecule has 4 rings (SSSR count). The summed E-state index contributed by atoms with van der Waals surface area (Å²) in [7, 11) is -3.73. The molecule has 3 aromatic rings. The molecule has 1 unspecified atom stereocenters. The number of nitrogens with one attached hydrogen (secondary N) is 1. The molecule has 1 amide bonds. The fourth-order valence-corrected chi connectivity index (χ4v) is 4.46. The predicted molar refractivity (Wildman–Crippen MR) is 113 cm³/mol. The second-order valence-corrected chi connectivity index (χ2v) is 8.85. The number of ether oxygens (including phenoxy) is 1. The summed E-state index contributed by atoms with van der Waals surface area (Å²) in [6.07, 6.45) is 8.01. The summed E-state index contributed by atoms with van der Waals surface area (Å²) >= 11 is 0. The largest absolute Gasteiger partial charge is 0.350 e. The number of benzene rings is 2. The average Bonchev–Trinajstić information content (AvgIpc) is 3.27. The summed E-state index contributed by atoms with van der Waals surface area (Å²) in [4.78, 5) is 17.3. The minimum Gasteiger partial charge on any atom is -0.350 e. The molecule has 1 saturated heterocycles. The first-order chi connectivity index (χ1) is 14.5. The van der Waals surface area contributed by atoms with Gasteiger partial charge in [-0.2, -0.15) is 0 Å². The van der Waals surface area contributed by atoms with Crippen LogP contribution in [0.2, 0.25) is 0 Å². The Kier molecular flexibility index (Phi) is 5.98. The molecule has 156 valence electrons. The van der Waals surface area contributed by atoms with E-state index in [1.807, 2.05) is 24.3 Å². The molecule has 7 nitrogen and oxygen atoms in total. The van der Waals surface area contributed by atoms with Crippen LogP contribution in [0, 0.1) is 0 Å². The van der Waals surface area contributed by atoms with Crippen LogP contribution in [0.3, 0.4) is 0 Å². The molecule has 1 fully saturated rings. The lowest BCUT2D eigenvalue weighted by atomic mass is 10.1. The van der Waals surface area contributed by atoms with Crippen molar-refractivity contribution in [2.24, 2.45) is 0 Å². The van der Waals surface area contributed by atoms with Crippen LogP contribution in [-0.2, 0) is 24.4 Å². The Morgan fingerprint density at radius 2 is 1.97 bits per heavy atom. The highest BCUT2D eigenvalue weighted by atomic mass is 32.2. The molecule has 2 aromatic carbocycles. The molecule has 1 aliphatic heterocycles. The second kappa shape index (κ2) is 8.83. The maximum absolute atomic E-state index is 12.9. The van der Waals surface area contributed by atoms with E-state index < -0.39 is 22.2 Å². The molecule has 0 aliphatic carbocycles. The number of hydrogen-bond donors (Lipinski definition) is 1. The van der Waals surface area contributed by atoms with Gasteiger partial charge in [0.15, 0.2) is 6.29 Å². The number of hydroxylamine groups is 1. The van der Waals surface area contributed by atoms with Gasteiger partial charge in [0.2, 0.25) is 0 Å². The number of carbonyl (C=O) groups is 1. The summed E-state index contributed by atoms with van der Waals surface area (Å²) in [5.41, 5.74) is 2.90. The van der Waals surface area contributed by atoms with Gasteiger partial charge in [-0.3, -0.25) is 4.79 Å². The van der Waals surface area contributed by atoms with E-state index in [4.69, 9.17) is 9.57 Å². The van der Waals surface area contributed by atoms with Crippen LogP contribution in [0.15, 0.2) is 71.9 Å². The number of rotatable bonds is 6. The lowest BCUT2D eigenvalue weighted by Crippen LogP contribution is -2.32. The van der Waals surface area contributed by atoms with E-state index in [1.165, 1.54) is 24.5 Å². The Morgan fingerprint density at radius 1 is 1.13 bits per heavy atom. The van der Waals surface area contributed by atoms with E-state index in [1.54, 1.807) is 24.3 Å². The molecule has 1 aliphatic rings. The van der Waals surface area contributed by atoms with Gasteiger partial charge in [0.25, 0.3) is 15.9 Å². The minimum absolute atomic E-state index is 0.200. The van der Waals surface area contributed by atoms with Crippen LogP contribution in [0.4, 0.5) is 0 Å². The first kappa shape index (κ1) is 20.3. The molecule has 2 heterocycles. The molecule has 30 heavy (non-hydrogen) atoms. The van der Waals surface area contributed by atoms with Crippen molar-refractivity contribution in [3.8, 4) is 0 Å². The van der Waals surface area contributed by atoms with Crippen molar-refractivity contribution in [2.75, 3.05) is 6.61 Å². The van der Waals surface area contributed by atoms with E-state index in [0.717, 1.165) is 34.0 Å². The van der Waals surface area contributed by atoms with Crippen molar-refractivity contribution in [1.29, 1.82) is 0 Å². The SMILES string of the molecule is O=C(C=Cc1ccn(S(=O)(=O)c2ccc3ccccc3c2)c1)NOC1CCCCO1. The van der Waals surface area contributed by atoms with Crippen LogP contribution in [-0.4, -0.2) is 31.2 Å². The molecular weight excluding hydrogens is 404 g/mol. The highest BCUT2D eigenvalue weighted by molar-refractivity contribution is 7.90. The zero-order valence-electron chi connectivity index (χ0n) is 16.2. The lowest BCUT2D eigenvalue weighted by Gasteiger charge is -2.21. The van der Waals surface area contributed by atoms with Gasteiger partial charge >= 0.3 is 0 Å². The van der Waals surface area contributed by atoms with Crippen molar-refractivity contribution < 1.29 is 22.8 Å². The van der Waals surface area contributed by atoms with E-state index >= 15 is 0 Å². The number of hydrogen-bond acceptors (Lipinski definition) is 5. The van der Waals surface area contributed by atoms with Crippen LogP contribution in [0.5, 0.6) is 0 Å². The van der Waals surface area contributed by atoms with Crippen molar-refractivity contribution in [3.63, 3.8) is 0 Å². The average molecular weight is 426 g/mol. The zero-order valence-corrected chi connectivity index (χ0v) is 17.0. The maximum Gasteiger partial charge on any atom is 0.267 e. The third-order valence-corrected chi connectivity index (χ3v) is 6.47. The predicted octanol–water partition coefficient (Wildman–Crippen LogP) is 3.47. The Hall–Kier alpha value is -2.94. The van der Waals surface area contributed by atoms with Crippen molar-refractivity contribution >= 4 is 32.8 Å². The minimum atomic E-state index is -3.73. The molecule has 8 heteroatoms. The summed E-state index contributed by atoms with van der Waals surface area (Å²) in [6.45, 7) is 0.621. The molecule has 0 saturated carbocycles. The van der Waals surface area contributed by atoms with Crippen LogP contribution >= 0.6 is 0 Å². The quantitative estimate of drug-likeness (QED) is 0.482. The summed E-state index contributed by atoms with van der Waals surface area (Å²) in [6, 6.07) is 14.2. The summed E-state index contributed by atoms with van der Waals surface area (Å²) in [5, 5.41) is 1.82. The Bertz CT molecular complexity index is 1180. The highest BCUT2D eigenvalue weighted by Crippen LogP contribution is 2.21. The van der Waals surface area contributed by atoms with E-state index in [2.05, 4.69) is 5.48 Å². The molecular formula is C22H22N2O5S. The lowest BCUT2D eigenvalue weighted by molar-refractivity contribution is -0.198. The fourth-order valence-electron chi connectivity index (χ4n) is 3.22. The van der Waals surface area contributed by atoms with Gasteiger partial charge in [0, 0.05) is 31.5 Å². The third-order valence-electron chi connectivity index (χ3n) is 4.84. The van der Waals surface area contributed by atoms with Gasteiger partial charge in [-0.25, -0.2) is 22.7 Å². The topological polar surface area (TPSA) is 86.6 Å². The highest BCUT2D eigenvalue weighted by Gasteiger charge is 2.17.